The Hall–Kier alpha value is -1.06. The van der Waals surface area contributed by atoms with Gasteiger partial charge < -0.3 is 9.30 Å². The molecule has 0 radical (unpaired) electrons. The van der Waals surface area contributed by atoms with Crippen LogP contribution in [0.2, 0.25) is 0 Å². The molecular formula is C17H25ClN2O. The lowest BCUT2D eigenvalue weighted by molar-refractivity contribution is 0.142. The lowest BCUT2D eigenvalue weighted by atomic mass is 9.89. The molecule has 0 saturated heterocycles. The number of hydrogen-bond donors (Lipinski definition) is 0. The number of hydrogen-bond acceptors (Lipinski definition) is 2. The molecule has 0 aliphatic heterocycles. The van der Waals surface area contributed by atoms with Crippen molar-refractivity contribution in [2.24, 2.45) is 5.41 Å². The zero-order valence-electron chi connectivity index (χ0n) is 13.6. The predicted molar refractivity (Wildman–Crippen MR) is 89.0 cm³/mol. The Morgan fingerprint density at radius 1 is 1.38 bits per heavy atom. The highest BCUT2D eigenvalue weighted by Crippen LogP contribution is 2.31. The van der Waals surface area contributed by atoms with Crippen LogP contribution in [-0.4, -0.2) is 23.3 Å². The van der Waals surface area contributed by atoms with Crippen LogP contribution >= 0.6 is 11.6 Å². The van der Waals surface area contributed by atoms with Gasteiger partial charge in [-0.05, 0) is 37.3 Å². The lowest BCUT2D eigenvalue weighted by Crippen LogP contribution is -2.23. The summed E-state index contributed by atoms with van der Waals surface area (Å²) in [5, 5.41) is -0.102. The van der Waals surface area contributed by atoms with Crippen molar-refractivity contribution in [3.05, 3.63) is 29.6 Å². The standard InChI is InChI=1S/C17H25ClN2O/c1-12-7-6-8-14-15(12)19-16(13(2)18)20(14)11-17(3,4)9-10-21-5/h6-8,13H,9-11H2,1-5H3. The maximum absolute atomic E-state index is 6.36. The molecular weight excluding hydrogens is 284 g/mol. The van der Waals surface area contributed by atoms with Gasteiger partial charge in [0, 0.05) is 20.3 Å². The summed E-state index contributed by atoms with van der Waals surface area (Å²) in [5.41, 5.74) is 3.55. The molecule has 0 fully saturated rings. The fourth-order valence-corrected chi connectivity index (χ4v) is 2.83. The number of rotatable bonds is 6. The van der Waals surface area contributed by atoms with Gasteiger partial charge in [0.05, 0.1) is 16.4 Å². The molecule has 0 N–H and O–H groups in total. The maximum atomic E-state index is 6.36. The Morgan fingerprint density at radius 2 is 2.10 bits per heavy atom. The zero-order chi connectivity index (χ0) is 15.6. The SMILES string of the molecule is COCCC(C)(C)Cn1c(C(C)Cl)nc2c(C)cccc21. The number of aryl methyl sites for hydroxylation is 1. The summed E-state index contributed by atoms with van der Waals surface area (Å²) in [6, 6.07) is 6.31. The van der Waals surface area contributed by atoms with Crippen molar-refractivity contribution in [2.75, 3.05) is 13.7 Å². The van der Waals surface area contributed by atoms with Crippen molar-refractivity contribution < 1.29 is 4.74 Å². The largest absolute Gasteiger partial charge is 0.385 e. The molecule has 0 aliphatic rings. The molecule has 2 rings (SSSR count). The number of imidazole rings is 1. The Morgan fingerprint density at radius 3 is 2.71 bits per heavy atom. The minimum atomic E-state index is -0.102. The average Bonchev–Trinajstić information content (AvgIpc) is 2.77. The van der Waals surface area contributed by atoms with Gasteiger partial charge in [0.1, 0.15) is 5.82 Å². The van der Waals surface area contributed by atoms with Crippen LogP contribution in [0.25, 0.3) is 11.0 Å². The summed E-state index contributed by atoms with van der Waals surface area (Å²) in [5.74, 6) is 0.950. The molecule has 0 amide bonds. The van der Waals surface area contributed by atoms with Gasteiger partial charge in [-0.25, -0.2) is 4.98 Å². The van der Waals surface area contributed by atoms with Crippen LogP contribution in [0.1, 0.15) is 44.0 Å². The number of alkyl halides is 1. The van der Waals surface area contributed by atoms with E-state index in [2.05, 4.69) is 43.5 Å². The molecule has 21 heavy (non-hydrogen) atoms. The number of methoxy groups -OCH3 is 1. The van der Waals surface area contributed by atoms with E-state index in [1.807, 2.05) is 6.92 Å². The molecule has 0 bridgehead atoms. The Bertz CT molecular complexity index is 617. The van der Waals surface area contributed by atoms with Crippen molar-refractivity contribution in [3.8, 4) is 0 Å². The first-order valence-corrected chi connectivity index (χ1v) is 7.88. The number of para-hydroxylation sites is 1. The van der Waals surface area contributed by atoms with Crippen molar-refractivity contribution in [1.82, 2.24) is 9.55 Å². The highest BCUT2D eigenvalue weighted by atomic mass is 35.5. The van der Waals surface area contributed by atoms with Crippen LogP contribution in [0.4, 0.5) is 0 Å². The first-order valence-electron chi connectivity index (χ1n) is 7.44. The van der Waals surface area contributed by atoms with E-state index >= 15 is 0 Å². The van der Waals surface area contributed by atoms with Crippen molar-refractivity contribution in [3.63, 3.8) is 0 Å². The predicted octanol–water partition coefficient (Wildman–Crippen LogP) is 4.71. The summed E-state index contributed by atoms with van der Waals surface area (Å²) in [7, 11) is 1.75. The molecule has 1 heterocycles. The van der Waals surface area contributed by atoms with E-state index in [1.54, 1.807) is 7.11 Å². The van der Waals surface area contributed by atoms with Crippen molar-refractivity contribution >= 4 is 22.6 Å². The highest BCUT2D eigenvalue weighted by molar-refractivity contribution is 6.20. The number of ether oxygens (including phenoxy) is 1. The summed E-state index contributed by atoms with van der Waals surface area (Å²) in [6.07, 6.45) is 1.01. The average molecular weight is 309 g/mol. The summed E-state index contributed by atoms with van der Waals surface area (Å²) >= 11 is 6.36. The van der Waals surface area contributed by atoms with E-state index in [4.69, 9.17) is 21.3 Å². The molecule has 2 aromatic rings. The van der Waals surface area contributed by atoms with Gasteiger partial charge in [-0.15, -0.1) is 11.6 Å². The fraction of sp³-hybridized carbons (Fsp3) is 0.588. The quantitative estimate of drug-likeness (QED) is 0.723. The van der Waals surface area contributed by atoms with Crippen LogP contribution in [0.5, 0.6) is 0 Å². The fourth-order valence-electron chi connectivity index (χ4n) is 2.66. The second kappa shape index (κ2) is 6.37. The maximum Gasteiger partial charge on any atom is 0.127 e. The number of aromatic nitrogens is 2. The number of fused-ring (bicyclic) bond motifs is 1. The molecule has 0 spiro atoms. The molecule has 1 unspecified atom stereocenters. The third kappa shape index (κ3) is 3.58. The lowest BCUT2D eigenvalue weighted by Gasteiger charge is -2.26. The third-order valence-corrected chi connectivity index (χ3v) is 4.13. The van der Waals surface area contributed by atoms with E-state index in [0.717, 1.165) is 30.9 Å². The van der Waals surface area contributed by atoms with E-state index in [1.165, 1.54) is 11.1 Å². The molecule has 116 valence electrons. The van der Waals surface area contributed by atoms with Crippen LogP contribution < -0.4 is 0 Å². The smallest absolute Gasteiger partial charge is 0.127 e. The normalized spacial score (nSPS) is 13.8. The highest BCUT2D eigenvalue weighted by Gasteiger charge is 2.23. The first kappa shape index (κ1) is 16.3. The molecule has 1 aromatic heterocycles. The van der Waals surface area contributed by atoms with Gasteiger partial charge in [-0.1, -0.05) is 26.0 Å². The van der Waals surface area contributed by atoms with Crippen LogP contribution in [0.15, 0.2) is 18.2 Å². The Labute approximate surface area is 132 Å². The molecule has 4 heteroatoms. The molecule has 3 nitrogen and oxygen atoms in total. The first-order chi connectivity index (χ1) is 9.85. The topological polar surface area (TPSA) is 27.1 Å². The monoisotopic (exact) mass is 308 g/mol. The van der Waals surface area contributed by atoms with Gasteiger partial charge in [0.25, 0.3) is 0 Å². The van der Waals surface area contributed by atoms with Crippen LogP contribution in [0.3, 0.4) is 0 Å². The van der Waals surface area contributed by atoms with E-state index in [0.29, 0.717) is 0 Å². The minimum Gasteiger partial charge on any atom is -0.385 e. The second-order valence-corrected chi connectivity index (χ2v) is 7.18. The molecule has 0 saturated carbocycles. The molecule has 1 aromatic carbocycles. The van der Waals surface area contributed by atoms with E-state index < -0.39 is 0 Å². The van der Waals surface area contributed by atoms with Gasteiger partial charge in [-0.2, -0.15) is 0 Å². The second-order valence-electron chi connectivity index (χ2n) is 6.52. The van der Waals surface area contributed by atoms with Crippen molar-refractivity contribution in [2.45, 2.75) is 46.0 Å². The van der Waals surface area contributed by atoms with Crippen LogP contribution in [-0.2, 0) is 11.3 Å². The van der Waals surface area contributed by atoms with E-state index in [-0.39, 0.29) is 10.8 Å². The van der Waals surface area contributed by atoms with Crippen LogP contribution in [0, 0.1) is 12.3 Å². The Kier molecular flexibility index (Phi) is 4.95. The zero-order valence-corrected chi connectivity index (χ0v) is 14.4. The molecule has 1 atom stereocenters. The van der Waals surface area contributed by atoms with Gasteiger partial charge in [0.15, 0.2) is 0 Å². The number of halogens is 1. The van der Waals surface area contributed by atoms with E-state index in [9.17, 15) is 0 Å². The van der Waals surface area contributed by atoms with Crippen molar-refractivity contribution in [1.29, 1.82) is 0 Å². The minimum absolute atomic E-state index is 0.102. The Balaban J connectivity index is 2.46. The number of benzene rings is 1. The van der Waals surface area contributed by atoms with Gasteiger partial charge in [-0.3, -0.25) is 0 Å². The molecule has 0 aliphatic carbocycles. The third-order valence-electron chi connectivity index (χ3n) is 3.94. The van der Waals surface area contributed by atoms with Gasteiger partial charge >= 0.3 is 0 Å². The summed E-state index contributed by atoms with van der Waals surface area (Å²) in [6.45, 7) is 10.3. The number of nitrogens with zero attached hydrogens (tertiary/aromatic N) is 2. The summed E-state index contributed by atoms with van der Waals surface area (Å²) in [4.78, 5) is 4.78. The summed E-state index contributed by atoms with van der Waals surface area (Å²) < 4.78 is 7.50. The van der Waals surface area contributed by atoms with Gasteiger partial charge in [0.2, 0.25) is 0 Å².